The smallest absolute Gasteiger partial charge is 0.252 e. The van der Waals surface area contributed by atoms with Crippen molar-refractivity contribution in [1.29, 1.82) is 0 Å². The van der Waals surface area contributed by atoms with Gasteiger partial charge in [-0.15, -0.1) is 5.10 Å². The van der Waals surface area contributed by atoms with Crippen LogP contribution in [0.3, 0.4) is 0 Å². The zero-order chi connectivity index (χ0) is 25.2. The summed E-state index contributed by atoms with van der Waals surface area (Å²) in [7, 11) is 0. The Kier molecular flexibility index (Phi) is 7.02. The number of ether oxygens (including phenoxy) is 1. The molecule has 0 amide bonds. The van der Waals surface area contributed by atoms with Gasteiger partial charge in [-0.25, -0.2) is 4.68 Å². The second-order valence-corrected chi connectivity index (χ2v) is 10.1. The summed E-state index contributed by atoms with van der Waals surface area (Å²) in [6.07, 6.45) is 3.86. The molecule has 4 aromatic rings. The predicted molar refractivity (Wildman–Crippen MR) is 136 cm³/mol. The molecule has 9 nitrogen and oxygen atoms in total. The molecule has 0 spiro atoms. The molecule has 3 aromatic heterocycles. The average molecular weight is 491 g/mol. The Bertz CT molecular complexity index is 1370. The number of aromatic nitrogens is 5. The van der Waals surface area contributed by atoms with Gasteiger partial charge in [-0.2, -0.15) is 0 Å². The predicted octanol–water partition coefficient (Wildman–Crippen LogP) is 4.30. The summed E-state index contributed by atoms with van der Waals surface area (Å²) in [6, 6.07) is 9.86. The van der Waals surface area contributed by atoms with Gasteiger partial charge in [-0.1, -0.05) is 26.0 Å². The highest BCUT2D eigenvalue weighted by atomic mass is 16.5. The lowest BCUT2D eigenvalue weighted by Crippen LogP contribution is -2.35. The van der Waals surface area contributed by atoms with Crippen molar-refractivity contribution in [3.63, 3.8) is 0 Å². The van der Waals surface area contributed by atoms with Crippen LogP contribution < -0.4 is 5.56 Å². The molecule has 0 unspecified atom stereocenters. The fraction of sp³-hybridized carbons (Fsp3) is 0.481. The number of hydrogen-bond donors (Lipinski definition) is 1. The molecule has 1 aliphatic rings. The number of tetrazole rings is 1. The third-order valence-corrected chi connectivity index (χ3v) is 7.08. The van der Waals surface area contributed by atoms with Gasteiger partial charge in [0.25, 0.3) is 5.56 Å². The Morgan fingerprint density at radius 1 is 1.19 bits per heavy atom. The first-order chi connectivity index (χ1) is 17.4. The highest BCUT2D eigenvalue weighted by Gasteiger charge is 2.31. The van der Waals surface area contributed by atoms with Crippen LogP contribution in [0.4, 0.5) is 0 Å². The monoisotopic (exact) mass is 490 g/mol. The Hall–Kier alpha value is -3.30. The van der Waals surface area contributed by atoms with E-state index in [1.807, 2.05) is 35.9 Å². The number of aromatic amines is 1. The number of fused-ring (bicyclic) bond motifs is 1. The summed E-state index contributed by atoms with van der Waals surface area (Å²) in [5.41, 5.74) is 3.70. The lowest BCUT2D eigenvalue weighted by molar-refractivity contribution is 0.0836. The fourth-order valence-corrected chi connectivity index (χ4v) is 5.23. The number of rotatable bonds is 9. The molecule has 4 heterocycles. The fourth-order valence-electron chi connectivity index (χ4n) is 5.23. The molecule has 2 atom stereocenters. The molecule has 0 aliphatic carbocycles. The Balaban J connectivity index is 1.54. The van der Waals surface area contributed by atoms with Crippen LogP contribution in [-0.2, 0) is 24.4 Å². The van der Waals surface area contributed by atoms with Crippen LogP contribution in [0, 0.1) is 19.8 Å². The Labute approximate surface area is 210 Å². The van der Waals surface area contributed by atoms with Gasteiger partial charge in [0.05, 0.1) is 37.0 Å². The van der Waals surface area contributed by atoms with Crippen molar-refractivity contribution in [3.8, 4) is 0 Å². The van der Waals surface area contributed by atoms with Crippen LogP contribution in [0.5, 0.6) is 0 Å². The van der Waals surface area contributed by atoms with Crippen molar-refractivity contribution < 1.29 is 9.15 Å². The number of nitrogens with one attached hydrogen (secondary N) is 1. The molecule has 0 bridgehead atoms. The van der Waals surface area contributed by atoms with E-state index >= 15 is 0 Å². The number of furan rings is 1. The lowest BCUT2D eigenvalue weighted by atomic mass is 9.99. The molecule has 190 valence electrons. The maximum Gasteiger partial charge on any atom is 0.252 e. The average Bonchev–Trinajstić information content (AvgIpc) is 3.62. The topological polar surface area (TPSA) is 102 Å². The van der Waals surface area contributed by atoms with Crippen LogP contribution in [0.15, 0.2) is 45.8 Å². The van der Waals surface area contributed by atoms with E-state index in [4.69, 9.17) is 9.15 Å². The van der Waals surface area contributed by atoms with Gasteiger partial charge in [0.15, 0.2) is 5.82 Å². The second kappa shape index (κ2) is 10.4. The minimum absolute atomic E-state index is 0.0814. The summed E-state index contributed by atoms with van der Waals surface area (Å²) in [6.45, 7) is 10.7. The zero-order valence-electron chi connectivity index (χ0n) is 21.4. The largest absolute Gasteiger partial charge is 0.468 e. The summed E-state index contributed by atoms with van der Waals surface area (Å²) >= 11 is 0. The molecule has 5 rings (SSSR count). The van der Waals surface area contributed by atoms with Crippen LogP contribution in [0.25, 0.3) is 10.9 Å². The van der Waals surface area contributed by atoms with Gasteiger partial charge >= 0.3 is 0 Å². The molecular formula is C27H34N6O3. The molecule has 36 heavy (non-hydrogen) atoms. The number of nitrogens with zero attached hydrogens (tertiary/aromatic N) is 5. The highest BCUT2D eigenvalue weighted by molar-refractivity contribution is 5.85. The summed E-state index contributed by atoms with van der Waals surface area (Å²) in [5, 5.41) is 13.8. The highest BCUT2D eigenvalue weighted by Crippen LogP contribution is 2.31. The van der Waals surface area contributed by atoms with Gasteiger partial charge in [-0.05, 0) is 72.4 Å². The quantitative estimate of drug-likeness (QED) is 0.373. The van der Waals surface area contributed by atoms with Gasteiger partial charge in [0.1, 0.15) is 5.76 Å². The standard InChI is InChI=1S/C27H34N6O3/c1-17(2)25(26-29-30-31-33(26)16-22-8-6-12-36-22)32(15-21-7-5-11-35-21)14-20-13-23-18(3)9-10-19(4)24(23)28-27(20)34/h5,7,9-11,13,17,22,25H,6,8,12,14-16H2,1-4H3,(H,28,34)/t22-,25-/m1/s1. The number of pyridine rings is 1. The first-order valence-corrected chi connectivity index (χ1v) is 12.7. The molecule has 1 fully saturated rings. The molecule has 0 radical (unpaired) electrons. The number of H-pyrrole nitrogens is 1. The number of benzene rings is 1. The minimum Gasteiger partial charge on any atom is -0.468 e. The van der Waals surface area contributed by atoms with E-state index in [0.29, 0.717) is 25.2 Å². The van der Waals surface area contributed by atoms with Crippen molar-refractivity contribution in [1.82, 2.24) is 30.1 Å². The summed E-state index contributed by atoms with van der Waals surface area (Å²) in [5.74, 6) is 1.78. The van der Waals surface area contributed by atoms with Crippen molar-refractivity contribution in [2.75, 3.05) is 6.61 Å². The van der Waals surface area contributed by atoms with E-state index in [-0.39, 0.29) is 23.6 Å². The van der Waals surface area contributed by atoms with Crippen LogP contribution in [0.1, 0.15) is 61.0 Å². The van der Waals surface area contributed by atoms with E-state index in [0.717, 1.165) is 53.1 Å². The lowest BCUT2D eigenvalue weighted by Gasteiger charge is -2.33. The van der Waals surface area contributed by atoms with E-state index in [1.165, 1.54) is 0 Å². The molecule has 9 heteroatoms. The molecule has 1 aromatic carbocycles. The first kappa shape index (κ1) is 24.4. The molecule has 0 saturated carbocycles. The van der Waals surface area contributed by atoms with Gasteiger partial charge < -0.3 is 14.1 Å². The molecule has 1 saturated heterocycles. The van der Waals surface area contributed by atoms with Gasteiger partial charge in [0.2, 0.25) is 0 Å². The summed E-state index contributed by atoms with van der Waals surface area (Å²) in [4.78, 5) is 18.6. The van der Waals surface area contributed by atoms with E-state index < -0.39 is 0 Å². The number of aryl methyl sites for hydroxylation is 2. The third kappa shape index (κ3) is 4.99. The maximum atomic E-state index is 13.2. The van der Waals surface area contributed by atoms with Gasteiger partial charge in [-0.3, -0.25) is 9.69 Å². The van der Waals surface area contributed by atoms with Crippen LogP contribution in [-0.4, -0.2) is 42.8 Å². The van der Waals surface area contributed by atoms with Crippen molar-refractivity contribution >= 4 is 10.9 Å². The second-order valence-electron chi connectivity index (χ2n) is 10.1. The Morgan fingerprint density at radius 3 is 2.75 bits per heavy atom. The first-order valence-electron chi connectivity index (χ1n) is 12.7. The zero-order valence-corrected chi connectivity index (χ0v) is 21.4. The molecule has 1 N–H and O–H groups in total. The third-order valence-electron chi connectivity index (χ3n) is 7.08. The van der Waals surface area contributed by atoms with Crippen LogP contribution >= 0.6 is 0 Å². The maximum absolute atomic E-state index is 13.2. The van der Waals surface area contributed by atoms with E-state index in [2.05, 4.69) is 52.2 Å². The SMILES string of the molecule is Cc1ccc(C)c2[nH]c(=O)c(CN(Cc3ccco3)[C@@H](c3nnnn3C[C@H]3CCCO3)C(C)C)cc12. The Morgan fingerprint density at radius 2 is 2.03 bits per heavy atom. The van der Waals surface area contributed by atoms with Gasteiger partial charge in [0, 0.05) is 24.1 Å². The normalized spacial score (nSPS) is 17.0. The minimum atomic E-state index is -0.139. The van der Waals surface area contributed by atoms with Crippen molar-refractivity contribution in [2.24, 2.45) is 5.92 Å². The summed E-state index contributed by atoms with van der Waals surface area (Å²) < 4.78 is 13.4. The van der Waals surface area contributed by atoms with Crippen LogP contribution in [0.2, 0.25) is 0 Å². The molecular weight excluding hydrogens is 456 g/mol. The van der Waals surface area contributed by atoms with E-state index in [9.17, 15) is 4.79 Å². The van der Waals surface area contributed by atoms with E-state index in [1.54, 1.807) is 6.26 Å². The van der Waals surface area contributed by atoms with Crippen molar-refractivity contribution in [2.45, 2.75) is 72.3 Å². The number of hydrogen-bond acceptors (Lipinski definition) is 7. The molecule has 1 aliphatic heterocycles. The van der Waals surface area contributed by atoms with Crippen molar-refractivity contribution in [3.05, 3.63) is 75.2 Å².